The van der Waals surface area contributed by atoms with Gasteiger partial charge < -0.3 is 14.9 Å². The first-order valence-electron chi connectivity index (χ1n) is 9.07. The number of aromatic hydroxyl groups is 1. The van der Waals surface area contributed by atoms with Gasteiger partial charge in [-0.25, -0.2) is 4.79 Å². The largest absolute Gasteiger partial charge is 0.507 e. The maximum atomic E-state index is 13.1. The van der Waals surface area contributed by atoms with Gasteiger partial charge in [-0.3, -0.25) is 5.41 Å². The first kappa shape index (κ1) is 22.7. The van der Waals surface area contributed by atoms with E-state index in [-0.39, 0.29) is 17.7 Å². The smallest absolute Gasteiger partial charge is 0.433 e. The number of phenolic OH excluding ortho intramolecular Hbond substituents is 1. The number of carboxylic acids is 1. The monoisotopic (exact) mass is 429 g/mol. The number of hydrogen-bond donors (Lipinski definition) is 3. The van der Waals surface area contributed by atoms with E-state index in [9.17, 15) is 28.2 Å². The van der Waals surface area contributed by atoms with Crippen LogP contribution in [-0.4, -0.2) is 28.1 Å². The molecule has 0 saturated carbocycles. The van der Waals surface area contributed by atoms with E-state index in [1.807, 2.05) is 6.92 Å². The molecular weight excluding hydrogens is 407 g/mol. The lowest BCUT2D eigenvalue weighted by atomic mass is 9.94. The molecule has 0 radical (unpaired) electrons. The molecule has 1 heterocycles. The normalized spacial score (nSPS) is 12.6. The Hall–Kier alpha value is -2.55. The molecule has 0 fully saturated rings. The van der Waals surface area contributed by atoms with Crippen molar-refractivity contribution in [2.45, 2.75) is 51.8 Å². The van der Waals surface area contributed by atoms with Gasteiger partial charge in [0.05, 0.1) is 0 Å². The van der Waals surface area contributed by atoms with Gasteiger partial charge in [0.2, 0.25) is 6.10 Å². The Morgan fingerprint density at radius 1 is 1.28 bits per heavy atom. The Bertz CT molecular complexity index is 879. The number of carbonyl (C=O) groups is 1. The highest BCUT2D eigenvalue weighted by atomic mass is 32.1. The van der Waals surface area contributed by atoms with Gasteiger partial charge in [-0.1, -0.05) is 26.7 Å². The van der Waals surface area contributed by atoms with E-state index in [0.29, 0.717) is 30.4 Å². The van der Waals surface area contributed by atoms with Crippen LogP contribution >= 0.6 is 11.3 Å². The van der Waals surface area contributed by atoms with Gasteiger partial charge in [-0.2, -0.15) is 24.5 Å². The van der Waals surface area contributed by atoms with Gasteiger partial charge in [-0.15, -0.1) is 0 Å². The summed E-state index contributed by atoms with van der Waals surface area (Å²) in [6, 6.07) is 2.67. The summed E-state index contributed by atoms with van der Waals surface area (Å²) in [5.74, 6) is -1.87. The maximum Gasteiger partial charge on any atom is 0.433 e. The third-order valence-corrected chi connectivity index (χ3v) is 5.00. The molecule has 0 aliphatic rings. The van der Waals surface area contributed by atoms with E-state index in [1.54, 1.807) is 23.8 Å². The minimum Gasteiger partial charge on any atom is -0.507 e. The summed E-state index contributed by atoms with van der Waals surface area (Å²) in [7, 11) is 0. The summed E-state index contributed by atoms with van der Waals surface area (Å²) in [4.78, 5) is 11.8. The lowest BCUT2D eigenvalue weighted by Crippen LogP contribution is -2.24. The number of rotatable bonds is 9. The van der Waals surface area contributed by atoms with Crippen molar-refractivity contribution in [2.24, 2.45) is 0 Å². The zero-order valence-electron chi connectivity index (χ0n) is 16.0. The third-order valence-electron chi connectivity index (χ3n) is 4.30. The van der Waals surface area contributed by atoms with Crippen molar-refractivity contribution in [1.82, 2.24) is 0 Å². The number of alkyl halides is 3. The summed E-state index contributed by atoms with van der Waals surface area (Å²) in [6.07, 6.45) is -4.77. The zero-order valence-corrected chi connectivity index (χ0v) is 16.8. The molecule has 1 atom stereocenters. The number of nitrogens with one attached hydrogen (secondary N) is 1. The quantitative estimate of drug-likeness (QED) is 0.460. The second-order valence-electron chi connectivity index (χ2n) is 6.51. The number of aryl methyl sites for hydroxylation is 1. The van der Waals surface area contributed by atoms with Crippen LogP contribution in [0.1, 0.15) is 55.0 Å². The Morgan fingerprint density at radius 3 is 2.41 bits per heavy atom. The van der Waals surface area contributed by atoms with E-state index in [4.69, 9.17) is 10.1 Å². The predicted molar refractivity (Wildman–Crippen MR) is 104 cm³/mol. The zero-order chi connectivity index (χ0) is 21.8. The topological polar surface area (TPSA) is 90.6 Å². The fourth-order valence-electron chi connectivity index (χ4n) is 3.00. The van der Waals surface area contributed by atoms with Crippen molar-refractivity contribution in [2.75, 3.05) is 0 Å². The SMILES string of the molecule is CCCc1cc(C(=N)C(F)(F)F)c(O)c(CCC)c1OC(C(=O)O)c1ccsc1. The minimum atomic E-state index is -4.92. The third kappa shape index (κ3) is 5.09. The Labute approximate surface area is 170 Å². The maximum absolute atomic E-state index is 13.1. The highest BCUT2D eigenvalue weighted by Gasteiger charge is 2.38. The molecule has 3 N–H and O–H groups in total. The molecule has 1 aromatic heterocycles. The van der Waals surface area contributed by atoms with Gasteiger partial charge in [-0.05, 0) is 41.3 Å². The predicted octanol–water partition coefficient (Wildman–Crippen LogP) is 5.49. The highest BCUT2D eigenvalue weighted by Crippen LogP contribution is 2.41. The molecule has 0 bridgehead atoms. The molecule has 2 aromatic rings. The summed E-state index contributed by atoms with van der Waals surface area (Å²) in [5, 5.41) is 30.9. The number of hydrogen-bond acceptors (Lipinski definition) is 5. The fourth-order valence-corrected chi connectivity index (χ4v) is 3.68. The Kier molecular flexibility index (Phi) is 7.29. The molecule has 29 heavy (non-hydrogen) atoms. The van der Waals surface area contributed by atoms with Crippen LogP contribution in [0.25, 0.3) is 0 Å². The average Bonchev–Trinajstić information content (AvgIpc) is 3.16. The standard InChI is InChI=1S/C20H22F3NO4S/c1-3-5-11-9-14(18(24)20(21,22)23)15(25)13(6-4-2)16(11)28-17(19(26)27)12-7-8-29-10-12/h7-10,17,24-25H,3-6H2,1-2H3,(H,26,27). The molecule has 0 aliphatic carbocycles. The molecular formula is C20H22F3NO4S. The van der Waals surface area contributed by atoms with Crippen LogP contribution in [0.5, 0.6) is 11.5 Å². The lowest BCUT2D eigenvalue weighted by molar-refractivity contribution is -0.145. The molecule has 9 heteroatoms. The van der Waals surface area contributed by atoms with Gasteiger partial charge >= 0.3 is 12.1 Å². The van der Waals surface area contributed by atoms with Crippen LogP contribution in [0.4, 0.5) is 13.2 Å². The first-order chi connectivity index (χ1) is 13.6. The fraction of sp³-hybridized carbons (Fsp3) is 0.400. The van der Waals surface area contributed by atoms with E-state index in [0.717, 1.165) is 6.07 Å². The second kappa shape index (κ2) is 9.30. The second-order valence-corrected chi connectivity index (χ2v) is 7.29. The number of carboxylic acid groups (broad SMARTS) is 1. The summed E-state index contributed by atoms with van der Waals surface area (Å²) in [6.45, 7) is 3.59. The molecule has 0 saturated heterocycles. The average molecular weight is 429 g/mol. The number of ether oxygens (including phenoxy) is 1. The van der Waals surface area contributed by atoms with E-state index in [2.05, 4.69) is 0 Å². The van der Waals surface area contributed by atoms with E-state index < -0.39 is 35.3 Å². The molecule has 5 nitrogen and oxygen atoms in total. The van der Waals surface area contributed by atoms with Crippen LogP contribution in [0.3, 0.4) is 0 Å². The van der Waals surface area contributed by atoms with Crippen molar-refractivity contribution in [1.29, 1.82) is 5.41 Å². The number of benzene rings is 1. The molecule has 2 rings (SSSR count). The van der Waals surface area contributed by atoms with Gasteiger partial charge in [0.1, 0.15) is 17.2 Å². The van der Waals surface area contributed by atoms with Crippen molar-refractivity contribution in [3.63, 3.8) is 0 Å². The van der Waals surface area contributed by atoms with Crippen LogP contribution in [0.2, 0.25) is 0 Å². The van der Waals surface area contributed by atoms with Crippen LogP contribution < -0.4 is 4.74 Å². The highest BCUT2D eigenvalue weighted by molar-refractivity contribution is 7.08. The molecule has 1 aromatic carbocycles. The summed E-state index contributed by atoms with van der Waals surface area (Å²) in [5.41, 5.74) is -1.45. The van der Waals surface area contributed by atoms with Gasteiger partial charge in [0, 0.05) is 16.7 Å². The summed E-state index contributed by atoms with van der Waals surface area (Å²) >= 11 is 1.29. The van der Waals surface area contributed by atoms with Crippen LogP contribution in [0, 0.1) is 5.41 Å². The Balaban J connectivity index is 2.67. The minimum absolute atomic E-state index is 0.0727. The molecule has 0 amide bonds. The van der Waals surface area contributed by atoms with Crippen molar-refractivity contribution >= 4 is 23.0 Å². The van der Waals surface area contributed by atoms with Crippen molar-refractivity contribution in [3.05, 3.63) is 45.1 Å². The van der Waals surface area contributed by atoms with E-state index >= 15 is 0 Å². The number of aliphatic carboxylic acids is 1. The Morgan fingerprint density at radius 2 is 1.93 bits per heavy atom. The van der Waals surface area contributed by atoms with Crippen molar-refractivity contribution in [3.8, 4) is 11.5 Å². The molecule has 158 valence electrons. The number of halogens is 3. The first-order valence-corrected chi connectivity index (χ1v) is 10.0. The van der Waals surface area contributed by atoms with E-state index in [1.165, 1.54) is 11.3 Å². The van der Waals surface area contributed by atoms with Crippen LogP contribution in [0.15, 0.2) is 22.9 Å². The molecule has 0 aliphatic heterocycles. The van der Waals surface area contributed by atoms with Gasteiger partial charge in [0.25, 0.3) is 0 Å². The van der Waals surface area contributed by atoms with Crippen LogP contribution in [-0.2, 0) is 17.6 Å². The summed E-state index contributed by atoms with van der Waals surface area (Å²) < 4.78 is 45.1. The lowest BCUT2D eigenvalue weighted by Gasteiger charge is -2.23. The van der Waals surface area contributed by atoms with Crippen molar-refractivity contribution < 1.29 is 32.9 Å². The number of thiophene rings is 1. The number of phenols is 1. The molecule has 1 unspecified atom stereocenters. The van der Waals surface area contributed by atoms with Gasteiger partial charge in [0.15, 0.2) is 0 Å². The molecule has 0 spiro atoms.